The Morgan fingerprint density at radius 2 is 1.83 bits per heavy atom. The van der Waals surface area contributed by atoms with E-state index in [1.54, 1.807) is 32.4 Å². The molecule has 0 radical (unpaired) electrons. The molecule has 1 aromatic carbocycles. The molecular weight excluding hydrogens is 314 g/mol. The van der Waals surface area contributed by atoms with Gasteiger partial charge in [-0.15, -0.1) is 10.2 Å². The van der Waals surface area contributed by atoms with Crippen molar-refractivity contribution in [3.8, 4) is 11.5 Å². The lowest BCUT2D eigenvalue weighted by atomic mass is 10.2. The molecule has 0 spiro atoms. The van der Waals surface area contributed by atoms with Crippen LogP contribution in [0.5, 0.6) is 11.5 Å². The van der Waals surface area contributed by atoms with Gasteiger partial charge in [-0.05, 0) is 18.6 Å². The summed E-state index contributed by atoms with van der Waals surface area (Å²) in [5, 5.41) is 12.3. The molecule has 1 heterocycles. The molecule has 0 bridgehead atoms. The van der Waals surface area contributed by atoms with Crippen LogP contribution in [0.2, 0.25) is 0 Å². The molecule has 0 unspecified atom stereocenters. The zero-order chi connectivity index (χ0) is 16.7. The second kappa shape index (κ2) is 8.47. The van der Waals surface area contributed by atoms with E-state index < -0.39 is 0 Å². The summed E-state index contributed by atoms with van der Waals surface area (Å²) in [4.78, 5) is 12.3. The van der Waals surface area contributed by atoms with Crippen molar-refractivity contribution in [2.75, 3.05) is 19.5 Å². The van der Waals surface area contributed by atoms with Gasteiger partial charge in [-0.25, -0.2) is 0 Å². The molecule has 0 aliphatic carbocycles. The van der Waals surface area contributed by atoms with E-state index in [0.717, 1.165) is 17.8 Å². The summed E-state index contributed by atoms with van der Waals surface area (Å²) in [5.41, 5.74) is 0.448. The van der Waals surface area contributed by atoms with Crippen molar-refractivity contribution < 1.29 is 14.3 Å². The first-order valence-electron chi connectivity index (χ1n) is 7.53. The Hall–Kier alpha value is -2.15. The molecule has 1 amide bonds. The summed E-state index contributed by atoms with van der Waals surface area (Å²) >= 11 is 1.41. The first kappa shape index (κ1) is 17.2. The molecule has 0 atom stereocenters. The van der Waals surface area contributed by atoms with E-state index in [-0.39, 0.29) is 5.91 Å². The summed E-state index contributed by atoms with van der Waals surface area (Å²) in [6, 6.07) is 5.02. The number of methoxy groups -OCH3 is 2. The first-order chi connectivity index (χ1) is 11.2. The fourth-order valence-electron chi connectivity index (χ4n) is 2.04. The number of hydrogen-bond acceptors (Lipinski definition) is 6. The Labute approximate surface area is 139 Å². The van der Waals surface area contributed by atoms with Crippen LogP contribution in [-0.2, 0) is 6.42 Å². The van der Waals surface area contributed by atoms with Crippen LogP contribution in [0, 0.1) is 0 Å². The number of nitrogens with zero attached hydrogens (tertiary/aromatic N) is 2. The summed E-state index contributed by atoms with van der Waals surface area (Å²) in [7, 11) is 3.09. The molecule has 0 saturated heterocycles. The van der Waals surface area contributed by atoms with Gasteiger partial charge in [0.2, 0.25) is 5.13 Å². The summed E-state index contributed by atoms with van der Waals surface area (Å²) in [5.74, 6) is 0.859. The molecule has 6 nitrogen and oxygen atoms in total. The second-order valence-electron chi connectivity index (χ2n) is 5.01. The molecule has 1 aromatic heterocycles. The molecule has 2 rings (SSSR count). The van der Waals surface area contributed by atoms with Gasteiger partial charge in [0.15, 0.2) is 0 Å². The third kappa shape index (κ3) is 4.92. The monoisotopic (exact) mass is 335 g/mol. The molecule has 0 aliphatic rings. The summed E-state index contributed by atoms with van der Waals surface area (Å²) in [6.45, 7) is 2.16. The van der Waals surface area contributed by atoms with E-state index >= 15 is 0 Å². The van der Waals surface area contributed by atoms with Crippen LogP contribution >= 0.6 is 11.3 Å². The molecule has 23 heavy (non-hydrogen) atoms. The Bertz CT molecular complexity index is 636. The number of aryl methyl sites for hydroxylation is 1. The van der Waals surface area contributed by atoms with Crippen LogP contribution in [0.15, 0.2) is 18.2 Å². The maximum atomic E-state index is 12.3. The van der Waals surface area contributed by atoms with Crippen LogP contribution in [-0.4, -0.2) is 30.3 Å². The molecule has 0 saturated carbocycles. The number of benzene rings is 1. The quantitative estimate of drug-likeness (QED) is 0.747. The molecular formula is C16H21N3O3S. The third-order valence-corrected chi connectivity index (χ3v) is 4.19. The van der Waals surface area contributed by atoms with Gasteiger partial charge in [-0.1, -0.05) is 31.1 Å². The fraction of sp³-hybridized carbons (Fsp3) is 0.438. The molecule has 1 N–H and O–H groups in total. The van der Waals surface area contributed by atoms with Crippen molar-refractivity contribution in [1.82, 2.24) is 10.2 Å². The average molecular weight is 335 g/mol. The van der Waals surface area contributed by atoms with Crippen LogP contribution < -0.4 is 14.8 Å². The number of carbonyl (C=O) groups is 1. The lowest BCUT2D eigenvalue weighted by Gasteiger charge is -2.07. The minimum Gasteiger partial charge on any atom is -0.497 e. The molecule has 0 aliphatic heterocycles. The Morgan fingerprint density at radius 3 is 2.43 bits per heavy atom. The van der Waals surface area contributed by atoms with Gasteiger partial charge in [-0.2, -0.15) is 0 Å². The Balaban J connectivity index is 2.04. The van der Waals surface area contributed by atoms with E-state index in [2.05, 4.69) is 22.4 Å². The van der Waals surface area contributed by atoms with Gasteiger partial charge in [-0.3, -0.25) is 10.1 Å². The molecule has 7 heteroatoms. The van der Waals surface area contributed by atoms with E-state index in [9.17, 15) is 4.79 Å². The van der Waals surface area contributed by atoms with Crippen molar-refractivity contribution in [2.45, 2.75) is 32.6 Å². The standard InChI is InChI=1S/C16H21N3O3S/c1-4-5-6-7-14-18-19-16(23-14)17-15(20)11-8-12(21-2)10-13(9-11)22-3/h8-10H,4-7H2,1-3H3,(H,17,19,20). The predicted molar refractivity (Wildman–Crippen MR) is 90.6 cm³/mol. The van der Waals surface area contributed by atoms with Crippen LogP contribution in [0.3, 0.4) is 0 Å². The highest BCUT2D eigenvalue weighted by molar-refractivity contribution is 7.15. The normalized spacial score (nSPS) is 10.4. The molecule has 0 fully saturated rings. The minimum absolute atomic E-state index is 0.265. The Kier molecular flexibility index (Phi) is 6.34. The third-order valence-electron chi connectivity index (χ3n) is 3.30. The van der Waals surface area contributed by atoms with Crippen LogP contribution in [0.4, 0.5) is 5.13 Å². The second-order valence-corrected chi connectivity index (χ2v) is 6.08. The highest BCUT2D eigenvalue weighted by atomic mass is 32.1. The number of hydrogen-bond donors (Lipinski definition) is 1. The van der Waals surface area contributed by atoms with E-state index in [1.807, 2.05) is 0 Å². The average Bonchev–Trinajstić information content (AvgIpc) is 3.01. The lowest BCUT2D eigenvalue weighted by Crippen LogP contribution is -2.12. The van der Waals surface area contributed by atoms with Gasteiger partial charge in [0.1, 0.15) is 16.5 Å². The van der Waals surface area contributed by atoms with Crippen molar-refractivity contribution in [3.63, 3.8) is 0 Å². The zero-order valence-corrected chi connectivity index (χ0v) is 14.4. The van der Waals surface area contributed by atoms with E-state index in [4.69, 9.17) is 9.47 Å². The first-order valence-corrected chi connectivity index (χ1v) is 8.34. The van der Waals surface area contributed by atoms with Crippen molar-refractivity contribution in [3.05, 3.63) is 28.8 Å². The summed E-state index contributed by atoms with van der Waals surface area (Å²) < 4.78 is 10.3. The fourth-order valence-corrected chi connectivity index (χ4v) is 2.82. The number of unbranched alkanes of at least 4 members (excludes halogenated alkanes) is 2. The number of amides is 1. The minimum atomic E-state index is -0.265. The van der Waals surface area contributed by atoms with Crippen LogP contribution in [0.1, 0.15) is 41.6 Å². The van der Waals surface area contributed by atoms with Crippen molar-refractivity contribution in [1.29, 1.82) is 0 Å². The lowest BCUT2D eigenvalue weighted by molar-refractivity contribution is 0.102. The molecule has 124 valence electrons. The van der Waals surface area contributed by atoms with Gasteiger partial charge in [0.05, 0.1) is 14.2 Å². The number of anilines is 1. The zero-order valence-electron chi connectivity index (χ0n) is 13.6. The number of nitrogens with one attached hydrogen (secondary N) is 1. The highest BCUT2D eigenvalue weighted by Crippen LogP contribution is 2.24. The van der Waals surface area contributed by atoms with Gasteiger partial charge >= 0.3 is 0 Å². The van der Waals surface area contributed by atoms with Crippen molar-refractivity contribution in [2.24, 2.45) is 0 Å². The number of carbonyl (C=O) groups excluding carboxylic acids is 1. The predicted octanol–water partition coefficient (Wildman–Crippen LogP) is 3.54. The van der Waals surface area contributed by atoms with Gasteiger partial charge < -0.3 is 9.47 Å². The summed E-state index contributed by atoms with van der Waals surface area (Å²) in [6.07, 6.45) is 4.32. The van der Waals surface area contributed by atoms with Gasteiger partial charge in [0.25, 0.3) is 5.91 Å². The maximum Gasteiger partial charge on any atom is 0.257 e. The SMILES string of the molecule is CCCCCc1nnc(NC(=O)c2cc(OC)cc(OC)c2)s1. The highest BCUT2D eigenvalue weighted by Gasteiger charge is 2.13. The van der Waals surface area contributed by atoms with E-state index in [0.29, 0.717) is 22.2 Å². The van der Waals surface area contributed by atoms with E-state index in [1.165, 1.54) is 24.2 Å². The Morgan fingerprint density at radius 1 is 1.13 bits per heavy atom. The molecule has 2 aromatic rings. The van der Waals surface area contributed by atoms with Crippen LogP contribution in [0.25, 0.3) is 0 Å². The number of aromatic nitrogens is 2. The number of rotatable bonds is 8. The topological polar surface area (TPSA) is 73.3 Å². The van der Waals surface area contributed by atoms with Crippen molar-refractivity contribution >= 4 is 22.4 Å². The smallest absolute Gasteiger partial charge is 0.257 e. The van der Waals surface area contributed by atoms with Gasteiger partial charge in [0, 0.05) is 18.1 Å². The maximum absolute atomic E-state index is 12.3. The number of ether oxygens (including phenoxy) is 2. The largest absolute Gasteiger partial charge is 0.497 e.